The summed E-state index contributed by atoms with van der Waals surface area (Å²) < 4.78 is 5.26. The molecule has 1 amide bonds. The van der Waals surface area contributed by atoms with E-state index < -0.39 is 0 Å². The number of ether oxygens (including phenoxy) is 1. The van der Waals surface area contributed by atoms with Crippen molar-refractivity contribution in [3.8, 4) is 5.75 Å². The van der Waals surface area contributed by atoms with Crippen molar-refractivity contribution in [1.82, 2.24) is 9.80 Å². The zero-order valence-electron chi connectivity index (χ0n) is 14.3. The van der Waals surface area contributed by atoms with Crippen molar-refractivity contribution >= 4 is 5.91 Å². The number of hydrogen-bond donors (Lipinski definition) is 0. The second kappa shape index (κ2) is 7.35. The Hall–Kier alpha value is -1.55. The van der Waals surface area contributed by atoms with Crippen LogP contribution >= 0.6 is 0 Å². The Morgan fingerprint density at radius 2 is 2.00 bits per heavy atom. The minimum absolute atomic E-state index is 0.267. The number of carbonyl (C=O) groups excluding carboxylic acids is 1. The highest BCUT2D eigenvalue weighted by atomic mass is 16.5. The van der Waals surface area contributed by atoms with E-state index in [1.807, 2.05) is 24.3 Å². The van der Waals surface area contributed by atoms with Crippen molar-refractivity contribution in [3.63, 3.8) is 0 Å². The lowest BCUT2D eigenvalue weighted by Gasteiger charge is -2.34. The molecule has 2 aliphatic rings. The van der Waals surface area contributed by atoms with E-state index in [9.17, 15) is 4.79 Å². The van der Waals surface area contributed by atoms with Gasteiger partial charge in [-0.25, -0.2) is 0 Å². The number of methoxy groups -OCH3 is 1. The lowest BCUT2D eigenvalue weighted by Crippen LogP contribution is -2.48. The zero-order valence-corrected chi connectivity index (χ0v) is 14.3. The minimum Gasteiger partial charge on any atom is -0.497 e. The molecule has 0 aliphatic carbocycles. The Bertz CT molecular complexity index is 546. The first-order valence-electron chi connectivity index (χ1n) is 8.89. The molecule has 0 aromatic heterocycles. The van der Waals surface area contributed by atoms with Crippen LogP contribution in [0.15, 0.2) is 24.3 Å². The van der Waals surface area contributed by atoms with Gasteiger partial charge in [-0.2, -0.15) is 0 Å². The van der Waals surface area contributed by atoms with Gasteiger partial charge in [0.2, 0.25) is 5.91 Å². The van der Waals surface area contributed by atoms with Crippen LogP contribution in [0.25, 0.3) is 0 Å². The Kier molecular flexibility index (Phi) is 5.21. The van der Waals surface area contributed by atoms with E-state index in [0.717, 1.165) is 37.2 Å². The molecule has 0 spiro atoms. The number of amides is 1. The van der Waals surface area contributed by atoms with Crippen molar-refractivity contribution in [3.05, 3.63) is 29.8 Å². The number of nitrogens with zero attached hydrogens (tertiary/aromatic N) is 2. The molecule has 2 heterocycles. The molecule has 2 saturated heterocycles. The van der Waals surface area contributed by atoms with Crippen LogP contribution in [0, 0.1) is 0 Å². The van der Waals surface area contributed by atoms with E-state index in [0.29, 0.717) is 18.5 Å². The molecule has 3 rings (SSSR count). The van der Waals surface area contributed by atoms with E-state index in [-0.39, 0.29) is 5.91 Å². The lowest BCUT2D eigenvalue weighted by molar-refractivity contribution is -0.132. The first-order chi connectivity index (χ1) is 11.2. The van der Waals surface area contributed by atoms with Crippen LogP contribution < -0.4 is 4.74 Å². The molecule has 1 aromatic rings. The van der Waals surface area contributed by atoms with Crippen LogP contribution in [-0.4, -0.2) is 54.5 Å². The van der Waals surface area contributed by atoms with E-state index in [2.05, 4.69) is 16.7 Å². The van der Waals surface area contributed by atoms with Gasteiger partial charge in [-0.05, 0) is 56.5 Å². The van der Waals surface area contributed by atoms with Gasteiger partial charge >= 0.3 is 0 Å². The Balaban J connectivity index is 1.68. The van der Waals surface area contributed by atoms with Crippen LogP contribution in [0.3, 0.4) is 0 Å². The van der Waals surface area contributed by atoms with Gasteiger partial charge < -0.3 is 9.64 Å². The zero-order chi connectivity index (χ0) is 16.2. The standard InChI is InChI=1S/C19H28N2O2/c1-3-20-11-5-9-17(20)18-10-6-12-21(18)19(22)14-15-7-4-8-16(13-15)23-2/h4,7-8,13,17-18H,3,5-6,9-12,14H2,1-2H3/t17-,18+/m0/s1. The van der Waals surface area contributed by atoms with Gasteiger partial charge in [0.1, 0.15) is 5.75 Å². The summed E-state index contributed by atoms with van der Waals surface area (Å²) in [6, 6.07) is 8.84. The molecule has 4 heteroatoms. The van der Waals surface area contributed by atoms with E-state index in [1.165, 1.54) is 19.4 Å². The highest BCUT2D eigenvalue weighted by Gasteiger charge is 2.38. The van der Waals surface area contributed by atoms with Crippen molar-refractivity contribution < 1.29 is 9.53 Å². The first-order valence-corrected chi connectivity index (χ1v) is 8.89. The number of hydrogen-bond acceptors (Lipinski definition) is 3. The van der Waals surface area contributed by atoms with E-state index in [1.54, 1.807) is 7.11 Å². The van der Waals surface area contributed by atoms with E-state index >= 15 is 0 Å². The summed E-state index contributed by atoms with van der Waals surface area (Å²) in [5.74, 6) is 1.09. The van der Waals surface area contributed by atoms with Gasteiger partial charge in [0.05, 0.1) is 13.5 Å². The van der Waals surface area contributed by atoms with Gasteiger partial charge in [0.25, 0.3) is 0 Å². The summed E-state index contributed by atoms with van der Waals surface area (Å²) in [5, 5.41) is 0. The van der Waals surface area contributed by atoms with Crippen LogP contribution in [0.2, 0.25) is 0 Å². The minimum atomic E-state index is 0.267. The molecule has 2 atom stereocenters. The summed E-state index contributed by atoms with van der Waals surface area (Å²) in [6.07, 6.45) is 5.29. The van der Waals surface area contributed by atoms with Crippen LogP contribution in [0.5, 0.6) is 5.75 Å². The maximum atomic E-state index is 12.8. The normalized spacial score (nSPS) is 25.0. The monoisotopic (exact) mass is 316 g/mol. The second-order valence-corrected chi connectivity index (χ2v) is 6.66. The molecule has 2 aliphatic heterocycles. The molecule has 23 heavy (non-hydrogen) atoms. The second-order valence-electron chi connectivity index (χ2n) is 6.66. The maximum absolute atomic E-state index is 12.8. The number of likely N-dealkylation sites (tertiary alicyclic amines) is 2. The molecule has 2 fully saturated rings. The number of carbonyl (C=O) groups is 1. The molecule has 4 nitrogen and oxygen atoms in total. The lowest BCUT2D eigenvalue weighted by atomic mass is 10.0. The fourth-order valence-electron chi connectivity index (χ4n) is 4.24. The third-order valence-electron chi connectivity index (χ3n) is 5.37. The Morgan fingerprint density at radius 1 is 1.22 bits per heavy atom. The Morgan fingerprint density at radius 3 is 2.78 bits per heavy atom. The predicted molar refractivity (Wildman–Crippen MR) is 91.7 cm³/mol. The summed E-state index contributed by atoms with van der Waals surface area (Å²) in [7, 11) is 1.66. The average Bonchev–Trinajstić information content (AvgIpc) is 3.23. The predicted octanol–water partition coefficient (Wildman–Crippen LogP) is 2.71. The highest BCUT2D eigenvalue weighted by molar-refractivity contribution is 5.79. The fraction of sp³-hybridized carbons (Fsp3) is 0.632. The molecule has 0 unspecified atom stereocenters. The van der Waals surface area contributed by atoms with Crippen LogP contribution in [0.4, 0.5) is 0 Å². The smallest absolute Gasteiger partial charge is 0.227 e. The molecular formula is C19H28N2O2. The summed E-state index contributed by atoms with van der Waals surface area (Å²) in [6.45, 7) is 5.44. The number of benzene rings is 1. The molecule has 0 saturated carbocycles. The molecule has 0 radical (unpaired) electrons. The third kappa shape index (κ3) is 3.52. The van der Waals surface area contributed by atoms with Crippen LogP contribution in [-0.2, 0) is 11.2 Å². The van der Waals surface area contributed by atoms with Gasteiger partial charge in [-0.15, -0.1) is 0 Å². The van der Waals surface area contributed by atoms with Crippen LogP contribution in [0.1, 0.15) is 38.2 Å². The number of rotatable bonds is 5. The molecule has 0 bridgehead atoms. The molecule has 126 valence electrons. The van der Waals surface area contributed by atoms with Gasteiger partial charge in [0.15, 0.2) is 0 Å². The fourth-order valence-corrected chi connectivity index (χ4v) is 4.24. The van der Waals surface area contributed by atoms with Gasteiger partial charge in [-0.1, -0.05) is 19.1 Å². The highest BCUT2D eigenvalue weighted by Crippen LogP contribution is 2.30. The van der Waals surface area contributed by atoms with Gasteiger partial charge in [0, 0.05) is 18.6 Å². The first kappa shape index (κ1) is 16.3. The summed E-state index contributed by atoms with van der Waals surface area (Å²) in [5.41, 5.74) is 1.04. The molecule has 0 N–H and O–H groups in total. The molecular weight excluding hydrogens is 288 g/mol. The number of likely N-dealkylation sites (N-methyl/N-ethyl adjacent to an activating group) is 1. The quantitative estimate of drug-likeness (QED) is 0.837. The largest absolute Gasteiger partial charge is 0.497 e. The average molecular weight is 316 g/mol. The van der Waals surface area contributed by atoms with Gasteiger partial charge in [-0.3, -0.25) is 9.69 Å². The van der Waals surface area contributed by atoms with E-state index in [4.69, 9.17) is 4.74 Å². The SMILES string of the molecule is CCN1CCC[C@H]1[C@H]1CCCN1C(=O)Cc1cccc(OC)c1. The summed E-state index contributed by atoms with van der Waals surface area (Å²) >= 11 is 0. The van der Waals surface area contributed by atoms with Crippen molar-refractivity contribution in [2.24, 2.45) is 0 Å². The summed E-state index contributed by atoms with van der Waals surface area (Å²) in [4.78, 5) is 17.6. The van der Waals surface area contributed by atoms with Crippen molar-refractivity contribution in [2.75, 3.05) is 26.7 Å². The molecule has 1 aromatic carbocycles. The maximum Gasteiger partial charge on any atom is 0.227 e. The third-order valence-corrected chi connectivity index (χ3v) is 5.37. The van der Waals surface area contributed by atoms with Crippen molar-refractivity contribution in [1.29, 1.82) is 0 Å². The topological polar surface area (TPSA) is 32.8 Å². The Labute approximate surface area is 139 Å². The van der Waals surface area contributed by atoms with Crippen molar-refractivity contribution in [2.45, 2.75) is 51.1 Å².